The topological polar surface area (TPSA) is 59.2 Å². The van der Waals surface area contributed by atoms with Crippen molar-refractivity contribution in [3.63, 3.8) is 0 Å². The summed E-state index contributed by atoms with van der Waals surface area (Å²) >= 11 is 5.93. The van der Waals surface area contributed by atoms with Gasteiger partial charge >= 0.3 is 0 Å². The van der Waals surface area contributed by atoms with Gasteiger partial charge in [-0.2, -0.15) is 4.98 Å². The van der Waals surface area contributed by atoms with E-state index in [0.29, 0.717) is 29.2 Å². The molecule has 0 spiro atoms. The highest BCUT2D eigenvalue weighted by Gasteiger charge is 2.32. The third-order valence-electron chi connectivity index (χ3n) is 5.58. The Balaban J connectivity index is 1.44. The predicted molar refractivity (Wildman–Crippen MR) is 99.9 cm³/mol. The van der Waals surface area contributed by atoms with E-state index in [1.165, 1.54) is 19.3 Å². The van der Waals surface area contributed by atoms with E-state index in [9.17, 15) is 4.79 Å². The minimum atomic E-state index is 0.129. The number of halogens is 1. The third kappa shape index (κ3) is 3.78. The fourth-order valence-electron chi connectivity index (χ4n) is 4.10. The molecule has 4 rings (SSSR count). The normalized spacial score (nSPS) is 21.7. The number of carbonyl (C=O) groups excluding carboxylic acids is 1. The molecule has 1 amide bonds. The third-order valence-corrected chi connectivity index (χ3v) is 5.83. The average molecular weight is 374 g/mol. The Bertz CT molecular complexity index is 753. The quantitative estimate of drug-likeness (QED) is 0.783. The van der Waals surface area contributed by atoms with Gasteiger partial charge in [0.05, 0.1) is 5.92 Å². The molecule has 5 nitrogen and oxygen atoms in total. The molecule has 1 saturated heterocycles. The van der Waals surface area contributed by atoms with E-state index in [-0.39, 0.29) is 11.8 Å². The van der Waals surface area contributed by atoms with Crippen molar-refractivity contribution in [1.82, 2.24) is 15.0 Å². The van der Waals surface area contributed by atoms with Crippen LogP contribution in [-0.4, -0.2) is 34.0 Å². The van der Waals surface area contributed by atoms with Crippen LogP contribution < -0.4 is 0 Å². The largest absolute Gasteiger partial charge is 0.342 e. The smallest absolute Gasteiger partial charge is 0.231 e. The van der Waals surface area contributed by atoms with Crippen LogP contribution in [0.15, 0.2) is 28.8 Å². The molecular weight excluding hydrogens is 350 g/mol. The van der Waals surface area contributed by atoms with Gasteiger partial charge in [-0.3, -0.25) is 4.79 Å². The van der Waals surface area contributed by atoms with Crippen LogP contribution in [-0.2, 0) is 4.79 Å². The summed E-state index contributed by atoms with van der Waals surface area (Å²) in [4.78, 5) is 19.4. The molecule has 26 heavy (non-hydrogen) atoms. The number of piperidine rings is 1. The molecule has 1 saturated carbocycles. The molecule has 2 aliphatic rings. The van der Waals surface area contributed by atoms with Crippen LogP contribution in [0, 0.1) is 5.92 Å². The maximum absolute atomic E-state index is 12.8. The van der Waals surface area contributed by atoms with E-state index in [4.69, 9.17) is 16.1 Å². The van der Waals surface area contributed by atoms with Gasteiger partial charge < -0.3 is 9.42 Å². The lowest BCUT2D eigenvalue weighted by molar-refractivity contribution is -0.137. The maximum Gasteiger partial charge on any atom is 0.231 e. The van der Waals surface area contributed by atoms with Crippen molar-refractivity contribution in [3.8, 4) is 11.4 Å². The Labute approximate surface area is 158 Å². The fourth-order valence-corrected chi connectivity index (χ4v) is 4.23. The number of nitrogens with zero attached hydrogens (tertiary/aromatic N) is 3. The summed E-state index contributed by atoms with van der Waals surface area (Å²) in [5.41, 5.74) is 0.885. The molecule has 2 fully saturated rings. The fraction of sp³-hybridized carbons (Fsp3) is 0.550. The molecular formula is C20H24ClN3O2. The number of rotatable bonds is 3. The number of likely N-dealkylation sites (tertiary alicyclic amines) is 1. The lowest BCUT2D eigenvalue weighted by Crippen LogP contribution is -2.42. The molecule has 1 aliphatic carbocycles. The molecule has 2 heterocycles. The van der Waals surface area contributed by atoms with Gasteiger partial charge in [0.15, 0.2) is 0 Å². The monoisotopic (exact) mass is 373 g/mol. The number of benzene rings is 1. The van der Waals surface area contributed by atoms with Crippen molar-refractivity contribution in [2.45, 2.75) is 50.9 Å². The summed E-state index contributed by atoms with van der Waals surface area (Å²) in [6.07, 6.45) is 7.69. The molecule has 1 aromatic carbocycles. The summed E-state index contributed by atoms with van der Waals surface area (Å²) in [5.74, 6) is 1.88. The van der Waals surface area contributed by atoms with Crippen molar-refractivity contribution in [2.75, 3.05) is 13.1 Å². The van der Waals surface area contributed by atoms with Crippen LogP contribution in [0.25, 0.3) is 11.4 Å². The Morgan fingerprint density at radius 3 is 2.62 bits per heavy atom. The second-order valence-corrected chi connectivity index (χ2v) is 7.86. The van der Waals surface area contributed by atoms with Gasteiger partial charge in [-0.25, -0.2) is 0 Å². The van der Waals surface area contributed by atoms with Crippen molar-refractivity contribution in [3.05, 3.63) is 35.2 Å². The maximum atomic E-state index is 12.8. The van der Waals surface area contributed by atoms with Crippen LogP contribution in [0.5, 0.6) is 0 Å². The standard InChI is InChI=1S/C20H24ClN3O2/c21-17-10-8-14(9-11-17)18-22-19(26-23-18)16-7-4-12-24(13-16)20(25)15-5-2-1-3-6-15/h8-11,15-16H,1-7,12-13H2. The first-order chi connectivity index (χ1) is 12.7. The summed E-state index contributed by atoms with van der Waals surface area (Å²) in [6, 6.07) is 7.41. The first kappa shape index (κ1) is 17.5. The lowest BCUT2D eigenvalue weighted by atomic mass is 9.87. The molecule has 1 aromatic heterocycles. The van der Waals surface area contributed by atoms with Gasteiger partial charge in [-0.1, -0.05) is 36.0 Å². The van der Waals surface area contributed by atoms with Crippen LogP contribution >= 0.6 is 11.6 Å². The van der Waals surface area contributed by atoms with E-state index >= 15 is 0 Å². The predicted octanol–water partition coefficient (Wildman–Crippen LogP) is 4.68. The number of hydrogen-bond acceptors (Lipinski definition) is 4. The number of hydrogen-bond donors (Lipinski definition) is 0. The van der Waals surface area contributed by atoms with E-state index in [1.54, 1.807) is 0 Å². The van der Waals surface area contributed by atoms with Gasteiger partial charge in [0.2, 0.25) is 17.6 Å². The molecule has 1 unspecified atom stereocenters. The minimum absolute atomic E-state index is 0.129. The zero-order chi connectivity index (χ0) is 17.9. The molecule has 6 heteroatoms. The molecule has 0 radical (unpaired) electrons. The molecule has 2 aromatic rings. The van der Waals surface area contributed by atoms with Crippen LogP contribution in [0.4, 0.5) is 0 Å². The average Bonchev–Trinajstić information content (AvgIpc) is 3.19. The SMILES string of the molecule is O=C(C1CCCCC1)N1CCCC(c2nc(-c3ccc(Cl)cc3)no2)C1. The molecule has 0 N–H and O–H groups in total. The second-order valence-electron chi connectivity index (χ2n) is 7.42. The number of aromatic nitrogens is 2. The molecule has 138 valence electrons. The van der Waals surface area contributed by atoms with Gasteiger partial charge in [-0.05, 0) is 49.9 Å². The first-order valence-electron chi connectivity index (χ1n) is 9.59. The van der Waals surface area contributed by atoms with Crippen LogP contribution in [0.1, 0.15) is 56.8 Å². The second kappa shape index (κ2) is 7.78. The highest BCUT2D eigenvalue weighted by Crippen LogP contribution is 2.31. The summed E-state index contributed by atoms with van der Waals surface area (Å²) in [7, 11) is 0. The van der Waals surface area contributed by atoms with E-state index in [0.717, 1.165) is 37.8 Å². The van der Waals surface area contributed by atoms with Gasteiger partial charge in [-0.15, -0.1) is 0 Å². The highest BCUT2D eigenvalue weighted by atomic mass is 35.5. The highest BCUT2D eigenvalue weighted by molar-refractivity contribution is 6.30. The van der Waals surface area contributed by atoms with Crippen molar-refractivity contribution < 1.29 is 9.32 Å². The minimum Gasteiger partial charge on any atom is -0.342 e. The van der Waals surface area contributed by atoms with Crippen LogP contribution in [0.3, 0.4) is 0 Å². The van der Waals surface area contributed by atoms with Gasteiger partial charge in [0.25, 0.3) is 0 Å². The van der Waals surface area contributed by atoms with Crippen LogP contribution in [0.2, 0.25) is 5.02 Å². The lowest BCUT2D eigenvalue weighted by Gasteiger charge is -2.34. The summed E-state index contributed by atoms with van der Waals surface area (Å²) in [6.45, 7) is 1.54. The van der Waals surface area contributed by atoms with Gasteiger partial charge in [0.1, 0.15) is 0 Å². The Morgan fingerprint density at radius 1 is 1.08 bits per heavy atom. The summed E-state index contributed by atoms with van der Waals surface area (Å²) < 4.78 is 5.53. The Hall–Kier alpha value is -1.88. The van der Waals surface area contributed by atoms with Crippen molar-refractivity contribution >= 4 is 17.5 Å². The zero-order valence-electron chi connectivity index (χ0n) is 14.9. The van der Waals surface area contributed by atoms with Crippen molar-refractivity contribution in [2.24, 2.45) is 5.92 Å². The van der Waals surface area contributed by atoms with E-state index in [1.807, 2.05) is 29.2 Å². The Morgan fingerprint density at radius 2 is 1.85 bits per heavy atom. The number of amides is 1. The van der Waals surface area contributed by atoms with Gasteiger partial charge in [0, 0.05) is 29.6 Å². The first-order valence-corrected chi connectivity index (χ1v) is 9.97. The summed E-state index contributed by atoms with van der Waals surface area (Å²) in [5, 5.41) is 4.80. The zero-order valence-corrected chi connectivity index (χ0v) is 15.6. The Kier molecular flexibility index (Phi) is 5.25. The molecule has 0 bridgehead atoms. The number of carbonyl (C=O) groups is 1. The van der Waals surface area contributed by atoms with E-state index < -0.39 is 0 Å². The van der Waals surface area contributed by atoms with Crippen molar-refractivity contribution in [1.29, 1.82) is 0 Å². The van der Waals surface area contributed by atoms with E-state index in [2.05, 4.69) is 10.1 Å². The molecule has 1 aliphatic heterocycles. The molecule has 1 atom stereocenters.